The molecule has 1 amide bonds. The quantitative estimate of drug-likeness (QED) is 0.0642. The Morgan fingerprint density at radius 3 is 2.47 bits per heavy atom. The lowest BCUT2D eigenvalue weighted by Gasteiger charge is -2.58. The summed E-state index contributed by atoms with van der Waals surface area (Å²) in [6, 6.07) is 23.2. The van der Waals surface area contributed by atoms with E-state index in [1.807, 2.05) is 42.2 Å². The molecule has 7 aliphatic heterocycles. The van der Waals surface area contributed by atoms with E-state index in [2.05, 4.69) is 66.7 Å². The molecule has 1 aliphatic carbocycles. The number of nitrogens with zero attached hydrogens (tertiary/aromatic N) is 8. The summed E-state index contributed by atoms with van der Waals surface area (Å²) in [4.78, 5) is 50.8. The summed E-state index contributed by atoms with van der Waals surface area (Å²) in [6.07, 6.45) is 8.20. The first-order valence-electron chi connectivity index (χ1n) is 31.7. The van der Waals surface area contributed by atoms with Crippen molar-refractivity contribution in [3.8, 4) is 17.5 Å². The molecule has 0 unspecified atom stereocenters. The van der Waals surface area contributed by atoms with Gasteiger partial charge >= 0.3 is 0 Å². The Bertz CT molecular complexity index is 3740. The molecule has 3 aromatic carbocycles. The van der Waals surface area contributed by atoms with Gasteiger partial charge in [-0.15, -0.1) is 0 Å². The molecule has 6 aromatic rings. The molecule has 10 heterocycles. The molecular formula is C65H78FN11O11S. The fourth-order valence-corrected chi connectivity index (χ4v) is 16.1. The third-order valence-electron chi connectivity index (χ3n) is 19.8. The Balaban J connectivity index is 0.721. The van der Waals surface area contributed by atoms with Crippen LogP contribution in [0.5, 0.6) is 17.5 Å². The molecule has 1 saturated carbocycles. The minimum absolute atomic E-state index is 0.00528. The van der Waals surface area contributed by atoms with Crippen LogP contribution in [0.15, 0.2) is 90.0 Å². The lowest BCUT2D eigenvalue weighted by atomic mass is 9.59. The average Bonchev–Trinajstić information content (AvgIpc) is 1.58. The van der Waals surface area contributed by atoms with E-state index in [-0.39, 0.29) is 65.3 Å². The Kier molecular flexibility index (Phi) is 16.3. The number of nitro groups is 1. The molecule has 472 valence electrons. The van der Waals surface area contributed by atoms with Crippen LogP contribution in [0.25, 0.3) is 11.0 Å². The van der Waals surface area contributed by atoms with E-state index >= 15 is 4.39 Å². The minimum Gasteiger partial charge on any atom is -0.491 e. The number of hydrogen-bond acceptors (Lipinski definition) is 19. The molecule has 5 atom stereocenters. The number of sulfonamides is 1. The maximum Gasteiger partial charge on any atom is 0.293 e. The van der Waals surface area contributed by atoms with Crippen molar-refractivity contribution < 1.29 is 50.9 Å². The van der Waals surface area contributed by atoms with Crippen LogP contribution in [0, 0.1) is 27.3 Å². The van der Waals surface area contributed by atoms with Gasteiger partial charge < -0.3 is 53.4 Å². The number of morpholine rings is 1. The number of amides is 1. The summed E-state index contributed by atoms with van der Waals surface area (Å²) in [5.74, 6) is 1.07. The molecule has 1 spiro atoms. The van der Waals surface area contributed by atoms with Gasteiger partial charge in [0, 0.05) is 119 Å². The monoisotopic (exact) mass is 1240 g/mol. The predicted molar refractivity (Wildman–Crippen MR) is 333 cm³/mol. The van der Waals surface area contributed by atoms with Gasteiger partial charge in [-0.2, -0.15) is 9.97 Å². The van der Waals surface area contributed by atoms with Crippen LogP contribution in [-0.2, 0) is 24.2 Å². The molecule has 3 aromatic heterocycles. The molecule has 6 fully saturated rings. The van der Waals surface area contributed by atoms with Crippen LogP contribution in [0.4, 0.5) is 38.6 Å². The second kappa shape index (κ2) is 24.5. The number of aromatic nitrogens is 3. The van der Waals surface area contributed by atoms with E-state index in [4.69, 9.17) is 38.4 Å². The summed E-state index contributed by atoms with van der Waals surface area (Å²) in [5.41, 5.74) is 4.54. The number of pyridine rings is 2. The second-order valence-corrected chi connectivity index (χ2v) is 27.3. The van der Waals surface area contributed by atoms with Gasteiger partial charge in [0.1, 0.15) is 28.9 Å². The van der Waals surface area contributed by atoms with Gasteiger partial charge in [-0.05, 0) is 132 Å². The largest absolute Gasteiger partial charge is 0.491 e. The number of carbonyl (C=O) groups is 1. The molecule has 14 rings (SSSR count). The second-order valence-electron chi connectivity index (χ2n) is 25.7. The van der Waals surface area contributed by atoms with E-state index in [0.29, 0.717) is 99.8 Å². The summed E-state index contributed by atoms with van der Waals surface area (Å²) in [5, 5.41) is 16.4. The van der Waals surface area contributed by atoms with E-state index in [1.54, 1.807) is 18.3 Å². The number of nitrogens with one attached hydrogen (secondary N) is 3. The third kappa shape index (κ3) is 11.7. The van der Waals surface area contributed by atoms with Gasteiger partial charge in [-0.3, -0.25) is 24.7 Å². The molecule has 3 N–H and O–H groups in total. The number of ether oxygens (including phenoxy) is 6. The zero-order valence-corrected chi connectivity index (χ0v) is 51.4. The summed E-state index contributed by atoms with van der Waals surface area (Å²) >= 11 is 0. The van der Waals surface area contributed by atoms with E-state index < -0.39 is 37.5 Å². The topological polar surface area (TPSA) is 232 Å². The highest BCUT2D eigenvalue weighted by Gasteiger charge is 2.51. The standard InChI is InChI=1S/C65H78FN11O11S/c1-40(2)87-58-7-5-4-6-47(58)57-37-73(52-16-28-86-63-49(52)33-50(66)61(70-63)74-24-29-85-38-41(74)3)22-23-75(57)45-34-65(35-45)17-20-72(21-18-65)44-8-10-48(54(31-44)76-53-15-27-84-39-59(53)88-64-56(76)30-43-12-19-67-60(43)69-64)62(78)71-89(81,82)46-9-11-51(55(32-46)77(79)80)68-36-42-13-25-83-26-14-42/h4-12,19,30-33,40-42,45,52-53,57,59,68H,13-18,20-29,34-39H2,1-3H3,(H,67,69)(H,71,78)/t41-,52-,53-,57+,59-/m0/s1. The highest BCUT2D eigenvalue weighted by atomic mass is 32.2. The average molecular weight is 1240 g/mol. The Morgan fingerprint density at radius 2 is 1.66 bits per heavy atom. The summed E-state index contributed by atoms with van der Waals surface area (Å²) in [6.45, 7) is 14.5. The number of benzene rings is 3. The number of para-hydroxylation sites is 1. The lowest BCUT2D eigenvalue weighted by molar-refractivity contribution is -0.384. The van der Waals surface area contributed by atoms with E-state index in [1.165, 1.54) is 12.1 Å². The molecular weight excluding hydrogens is 1160 g/mol. The molecule has 22 nitrogen and oxygen atoms in total. The van der Waals surface area contributed by atoms with Crippen LogP contribution >= 0.6 is 0 Å². The van der Waals surface area contributed by atoms with Crippen LogP contribution in [0.1, 0.15) is 106 Å². The van der Waals surface area contributed by atoms with Gasteiger partial charge in [-0.25, -0.2) is 17.5 Å². The number of aromatic amines is 1. The van der Waals surface area contributed by atoms with E-state index in [9.17, 15) is 23.3 Å². The Hall–Kier alpha value is -7.35. The molecule has 24 heteroatoms. The Labute approximate surface area is 517 Å². The Morgan fingerprint density at radius 1 is 0.854 bits per heavy atom. The maximum atomic E-state index is 16.3. The molecule has 0 radical (unpaired) electrons. The van der Waals surface area contributed by atoms with E-state index in [0.717, 1.165) is 112 Å². The van der Waals surface area contributed by atoms with Crippen molar-refractivity contribution in [2.75, 3.05) is 112 Å². The number of hydrogen-bond donors (Lipinski definition) is 3. The normalized spacial score (nSPS) is 24.3. The molecule has 0 bridgehead atoms. The van der Waals surface area contributed by atoms with Gasteiger partial charge in [-0.1, -0.05) is 18.2 Å². The molecule has 8 aliphatic rings. The van der Waals surface area contributed by atoms with Crippen molar-refractivity contribution in [2.45, 2.75) is 119 Å². The van der Waals surface area contributed by atoms with Crippen LogP contribution in [0.2, 0.25) is 0 Å². The van der Waals surface area contributed by atoms with Crippen LogP contribution in [0.3, 0.4) is 0 Å². The van der Waals surface area contributed by atoms with Crippen LogP contribution < -0.4 is 38.9 Å². The lowest BCUT2D eigenvalue weighted by Crippen LogP contribution is -2.60. The summed E-state index contributed by atoms with van der Waals surface area (Å²) < 4.78 is 83.6. The molecule has 5 saturated heterocycles. The number of anilines is 5. The first-order valence-corrected chi connectivity index (χ1v) is 33.2. The zero-order valence-electron chi connectivity index (χ0n) is 50.6. The smallest absolute Gasteiger partial charge is 0.293 e. The fourth-order valence-electron chi connectivity index (χ4n) is 15.1. The number of H-pyrrole nitrogens is 1. The highest BCUT2D eigenvalue weighted by molar-refractivity contribution is 7.90. The predicted octanol–water partition coefficient (Wildman–Crippen LogP) is 9.29. The SMILES string of the molecule is CC(C)Oc1ccccc1[C@H]1CN([C@H]2CCOc3nc(N4CCOC[C@@H]4C)c(F)cc32)CCN1C1CC2(CCN(c3ccc(C(=O)NS(=O)(=O)c4ccc(NCC5CCOCC5)c([N+](=O)[O-])c4)c(N4c5cc6cc[nH]c6nc5O[C@H]5COCC[C@@H]54)c3)CC2)C1. The third-order valence-corrected chi connectivity index (χ3v) is 21.2. The number of fused-ring (bicyclic) bond motifs is 4. The van der Waals surface area contributed by atoms with Crippen molar-refractivity contribution in [2.24, 2.45) is 11.3 Å². The number of halogens is 1. The minimum atomic E-state index is -4.65. The van der Waals surface area contributed by atoms with Crippen LogP contribution in [-0.4, -0.2) is 166 Å². The maximum absolute atomic E-state index is 16.3. The summed E-state index contributed by atoms with van der Waals surface area (Å²) in [7, 11) is -4.65. The first-order chi connectivity index (χ1) is 43.2. The van der Waals surface area contributed by atoms with Gasteiger partial charge in [0.2, 0.25) is 11.8 Å². The van der Waals surface area contributed by atoms with Crippen molar-refractivity contribution in [1.29, 1.82) is 0 Å². The number of nitro benzene ring substituents is 1. The number of rotatable bonds is 15. The van der Waals surface area contributed by atoms with Gasteiger partial charge in [0.15, 0.2) is 11.6 Å². The number of carbonyl (C=O) groups excluding carboxylic acids is 1. The fraction of sp³-hybridized carbons (Fsp3) is 0.523. The number of piperazine rings is 1. The highest BCUT2D eigenvalue weighted by Crippen LogP contribution is 2.55. The van der Waals surface area contributed by atoms with Crippen molar-refractivity contribution in [3.05, 3.63) is 118 Å². The van der Waals surface area contributed by atoms with Crippen molar-refractivity contribution in [1.82, 2.24) is 29.5 Å². The molecule has 89 heavy (non-hydrogen) atoms. The first kappa shape index (κ1) is 59.3. The number of piperidine rings is 1. The van der Waals surface area contributed by atoms with Crippen molar-refractivity contribution >= 4 is 61.2 Å². The van der Waals surface area contributed by atoms with Gasteiger partial charge in [0.25, 0.3) is 21.6 Å². The van der Waals surface area contributed by atoms with Gasteiger partial charge in [0.05, 0.1) is 71.7 Å². The zero-order chi connectivity index (χ0) is 61.1. The van der Waals surface area contributed by atoms with Crippen molar-refractivity contribution in [3.63, 3.8) is 0 Å².